The topological polar surface area (TPSA) is 42.4 Å². The van der Waals surface area contributed by atoms with Gasteiger partial charge in [-0.05, 0) is 53.2 Å². The lowest BCUT2D eigenvalue weighted by Gasteiger charge is -2.15. The van der Waals surface area contributed by atoms with Crippen molar-refractivity contribution in [2.24, 2.45) is 0 Å². The molecule has 16 heavy (non-hydrogen) atoms. The van der Waals surface area contributed by atoms with E-state index in [1.54, 1.807) is 12.4 Å². The molecule has 2 rings (SSSR count). The maximum Gasteiger partial charge on any atom is 0.0605 e. The van der Waals surface area contributed by atoms with Gasteiger partial charge in [-0.3, -0.25) is 4.98 Å². The minimum Gasteiger partial charge on any atom is -0.393 e. The molecule has 1 aromatic rings. The van der Waals surface area contributed by atoms with Crippen LogP contribution in [0.25, 0.3) is 0 Å². The van der Waals surface area contributed by atoms with Gasteiger partial charge in [0.15, 0.2) is 0 Å². The maximum absolute atomic E-state index is 9.93. The molecule has 0 aliphatic carbocycles. The molecule has 1 aliphatic rings. The zero-order valence-corrected chi connectivity index (χ0v) is 10.7. The number of hydrogen-bond donors (Lipinski definition) is 1. The molecule has 1 aromatic heterocycles. The molecule has 3 nitrogen and oxygen atoms in total. The fourth-order valence-electron chi connectivity index (χ4n) is 2.06. The van der Waals surface area contributed by atoms with Crippen LogP contribution in [0.2, 0.25) is 0 Å². The van der Waals surface area contributed by atoms with Crippen molar-refractivity contribution in [3.8, 4) is 0 Å². The van der Waals surface area contributed by atoms with Crippen LogP contribution >= 0.6 is 15.9 Å². The molecule has 1 aliphatic heterocycles. The average molecular weight is 286 g/mol. The molecule has 2 unspecified atom stereocenters. The van der Waals surface area contributed by atoms with Crippen molar-refractivity contribution >= 4 is 15.9 Å². The van der Waals surface area contributed by atoms with Gasteiger partial charge in [0.25, 0.3) is 0 Å². The number of pyridine rings is 1. The second kappa shape index (κ2) is 5.75. The van der Waals surface area contributed by atoms with Crippen molar-refractivity contribution in [2.75, 3.05) is 6.61 Å². The van der Waals surface area contributed by atoms with Gasteiger partial charge in [0, 0.05) is 23.5 Å². The summed E-state index contributed by atoms with van der Waals surface area (Å²) in [6.45, 7) is 0.843. The van der Waals surface area contributed by atoms with Crippen molar-refractivity contribution in [2.45, 2.75) is 37.9 Å². The number of aliphatic hydroxyl groups is 1. The van der Waals surface area contributed by atoms with E-state index in [0.29, 0.717) is 6.42 Å². The highest BCUT2D eigenvalue weighted by atomic mass is 79.9. The van der Waals surface area contributed by atoms with Crippen LogP contribution in [0.15, 0.2) is 22.9 Å². The van der Waals surface area contributed by atoms with Crippen LogP contribution in [0.3, 0.4) is 0 Å². The van der Waals surface area contributed by atoms with Gasteiger partial charge in [-0.25, -0.2) is 0 Å². The van der Waals surface area contributed by atoms with Gasteiger partial charge in [0.1, 0.15) is 0 Å². The van der Waals surface area contributed by atoms with E-state index in [-0.39, 0.29) is 12.2 Å². The quantitative estimate of drug-likeness (QED) is 0.923. The summed E-state index contributed by atoms with van der Waals surface area (Å²) in [5, 5.41) is 9.93. The summed E-state index contributed by atoms with van der Waals surface area (Å²) in [7, 11) is 0. The number of hydrogen-bond acceptors (Lipinski definition) is 3. The maximum atomic E-state index is 9.93. The van der Waals surface area contributed by atoms with Crippen LogP contribution in [0.5, 0.6) is 0 Å². The lowest BCUT2D eigenvalue weighted by molar-refractivity contribution is 0.0540. The Labute approximate surface area is 104 Å². The van der Waals surface area contributed by atoms with Gasteiger partial charge < -0.3 is 9.84 Å². The zero-order valence-electron chi connectivity index (χ0n) is 9.10. The second-order valence-corrected chi connectivity index (χ2v) is 5.16. The Hall–Kier alpha value is -0.450. The van der Waals surface area contributed by atoms with Gasteiger partial charge in [0.05, 0.1) is 12.2 Å². The molecule has 0 saturated carbocycles. The van der Waals surface area contributed by atoms with Gasteiger partial charge in [-0.1, -0.05) is 0 Å². The van der Waals surface area contributed by atoms with Crippen LogP contribution in [0, 0.1) is 0 Å². The number of halogens is 1. The van der Waals surface area contributed by atoms with Crippen molar-refractivity contribution < 1.29 is 9.84 Å². The van der Waals surface area contributed by atoms with E-state index in [0.717, 1.165) is 35.9 Å². The molecule has 88 valence electrons. The first-order valence-corrected chi connectivity index (χ1v) is 6.42. The van der Waals surface area contributed by atoms with E-state index in [9.17, 15) is 5.11 Å². The molecule has 0 bridgehead atoms. The van der Waals surface area contributed by atoms with E-state index in [1.807, 2.05) is 6.07 Å². The molecule has 0 amide bonds. The van der Waals surface area contributed by atoms with Gasteiger partial charge in [-0.15, -0.1) is 0 Å². The Morgan fingerprint density at radius 1 is 1.56 bits per heavy atom. The van der Waals surface area contributed by atoms with Gasteiger partial charge in [-0.2, -0.15) is 0 Å². The summed E-state index contributed by atoms with van der Waals surface area (Å²) in [4.78, 5) is 4.08. The van der Waals surface area contributed by atoms with Crippen LogP contribution in [-0.2, 0) is 11.2 Å². The van der Waals surface area contributed by atoms with E-state index < -0.39 is 0 Å². The Bertz CT molecular complexity index is 340. The molecule has 1 saturated heterocycles. The fourth-order valence-corrected chi connectivity index (χ4v) is 2.47. The predicted octanol–water partition coefficient (Wildman–Crippen LogP) is 2.32. The summed E-state index contributed by atoms with van der Waals surface area (Å²) < 4.78 is 6.45. The first-order valence-electron chi connectivity index (χ1n) is 5.63. The average Bonchev–Trinajstić information content (AvgIpc) is 2.70. The standard InChI is InChI=1S/C12H16BrNO2/c13-10-4-9(7-14-8-10)5-11(15)6-12-2-1-3-16-12/h4,7-8,11-12,15H,1-3,5-6H2. The van der Waals surface area contributed by atoms with Crippen molar-refractivity contribution in [3.05, 3.63) is 28.5 Å². The first kappa shape index (κ1) is 12.0. The van der Waals surface area contributed by atoms with Crippen molar-refractivity contribution in [1.29, 1.82) is 0 Å². The van der Waals surface area contributed by atoms with Crippen LogP contribution in [0.1, 0.15) is 24.8 Å². The highest BCUT2D eigenvalue weighted by molar-refractivity contribution is 9.10. The van der Waals surface area contributed by atoms with Crippen molar-refractivity contribution in [1.82, 2.24) is 4.98 Å². The molecule has 2 heterocycles. The zero-order chi connectivity index (χ0) is 11.4. The summed E-state index contributed by atoms with van der Waals surface area (Å²) in [5.41, 5.74) is 1.06. The minimum absolute atomic E-state index is 0.245. The molecule has 4 heteroatoms. The normalized spacial score (nSPS) is 22.2. The molecule has 0 radical (unpaired) electrons. The van der Waals surface area contributed by atoms with E-state index >= 15 is 0 Å². The number of aliphatic hydroxyl groups excluding tert-OH is 1. The Balaban J connectivity index is 1.84. The second-order valence-electron chi connectivity index (χ2n) is 4.24. The third-order valence-electron chi connectivity index (χ3n) is 2.79. The lowest BCUT2D eigenvalue weighted by Crippen LogP contribution is -2.19. The third-order valence-corrected chi connectivity index (χ3v) is 3.23. The first-order chi connectivity index (χ1) is 7.74. The number of aromatic nitrogens is 1. The largest absolute Gasteiger partial charge is 0.393 e. The molecule has 0 spiro atoms. The third kappa shape index (κ3) is 3.54. The smallest absolute Gasteiger partial charge is 0.0605 e. The summed E-state index contributed by atoms with van der Waals surface area (Å²) >= 11 is 3.37. The predicted molar refractivity (Wildman–Crippen MR) is 65.2 cm³/mol. The fraction of sp³-hybridized carbons (Fsp3) is 0.583. The summed E-state index contributed by atoms with van der Waals surface area (Å²) in [6, 6.07) is 1.99. The highest BCUT2D eigenvalue weighted by Gasteiger charge is 2.19. The molecule has 2 atom stereocenters. The Morgan fingerprint density at radius 2 is 2.44 bits per heavy atom. The highest BCUT2D eigenvalue weighted by Crippen LogP contribution is 2.19. The number of rotatable bonds is 4. The number of nitrogens with zero attached hydrogens (tertiary/aromatic N) is 1. The van der Waals surface area contributed by atoms with Crippen molar-refractivity contribution in [3.63, 3.8) is 0 Å². The number of ether oxygens (including phenoxy) is 1. The van der Waals surface area contributed by atoms with Gasteiger partial charge in [0.2, 0.25) is 0 Å². The van der Waals surface area contributed by atoms with E-state index in [2.05, 4.69) is 20.9 Å². The molecular formula is C12H16BrNO2. The Kier molecular flexibility index (Phi) is 4.32. The van der Waals surface area contributed by atoms with E-state index in [1.165, 1.54) is 0 Å². The van der Waals surface area contributed by atoms with Gasteiger partial charge >= 0.3 is 0 Å². The van der Waals surface area contributed by atoms with Crippen LogP contribution in [-0.4, -0.2) is 28.9 Å². The SMILES string of the molecule is OC(Cc1cncc(Br)c1)CC1CCCO1. The monoisotopic (exact) mass is 285 g/mol. The Morgan fingerprint density at radius 3 is 3.12 bits per heavy atom. The summed E-state index contributed by atoms with van der Waals surface area (Å²) in [6.07, 6.45) is 7.02. The minimum atomic E-state index is -0.334. The molecule has 0 aromatic carbocycles. The summed E-state index contributed by atoms with van der Waals surface area (Å²) in [5.74, 6) is 0. The van der Waals surface area contributed by atoms with E-state index in [4.69, 9.17) is 4.74 Å². The molecule has 1 N–H and O–H groups in total. The molecule has 1 fully saturated rings. The van der Waals surface area contributed by atoms with Crippen LogP contribution < -0.4 is 0 Å². The molecular weight excluding hydrogens is 270 g/mol. The van der Waals surface area contributed by atoms with Crippen LogP contribution in [0.4, 0.5) is 0 Å². The lowest BCUT2D eigenvalue weighted by atomic mass is 10.0.